The molecule has 152 valence electrons. The van der Waals surface area contributed by atoms with Crippen molar-refractivity contribution in [3.8, 4) is 11.5 Å². The molecule has 0 aliphatic carbocycles. The van der Waals surface area contributed by atoms with Crippen LogP contribution in [0.3, 0.4) is 0 Å². The minimum Gasteiger partial charge on any atom is -0.508 e. The topological polar surface area (TPSA) is 96.3 Å². The number of nitrogens with zero attached hydrogens (tertiary/aromatic N) is 5. The smallest absolute Gasteiger partial charge is 0.172 e. The van der Waals surface area contributed by atoms with Crippen molar-refractivity contribution < 1.29 is 14.2 Å². The first-order valence-electron chi connectivity index (χ1n) is 9.64. The number of anilines is 2. The van der Waals surface area contributed by atoms with Crippen LogP contribution in [-0.4, -0.2) is 50.5 Å². The predicted molar refractivity (Wildman–Crippen MR) is 108 cm³/mol. The zero-order valence-electron chi connectivity index (χ0n) is 16.3. The highest BCUT2D eigenvalue weighted by Gasteiger charge is 2.25. The Morgan fingerprint density at radius 1 is 1.14 bits per heavy atom. The first kappa shape index (κ1) is 19.1. The van der Waals surface area contributed by atoms with E-state index in [4.69, 9.17) is 9.72 Å². The molecule has 1 fully saturated rings. The third-order valence-corrected chi connectivity index (χ3v) is 4.74. The van der Waals surface area contributed by atoms with Gasteiger partial charge in [0.25, 0.3) is 0 Å². The van der Waals surface area contributed by atoms with E-state index >= 15 is 0 Å². The monoisotopic (exact) mass is 398 g/mol. The summed E-state index contributed by atoms with van der Waals surface area (Å²) in [5.41, 5.74) is 1.38. The summed E-state index contributed by atoms with van der Waals surface area (Å²) in [6, 6.07) is 4.14. The molecule has 8 nitrogen and oxygen atoms in total. The molecule has 0 saturated carbocycles. The van der Waals surface area contributed by atoms with Crippen molar-refractivity contribution in [1.82, 2.24) is 20.2 Å². The van der Waals surface area contributed by atoms with Crippen molar-refractivity contribution >= 4 is 22.7 Å². The van der Waals surface area contributed by atoms with Crippen LogP contribution in [0.4, 0.5) is 16.0 Å². The van der Waals surface area contributed by atoms with Crippen LogP contribution in [0.5, 0.6) is 11.5 Å². The summed E-state index contributed by atoms with van der Waals surface area (Å²) < 4.78 is 19.7. The quantitative estimate of drug-likeness (QED) is 0.677. The predicted octanol–water partition coefficient (Wildman–Crippen LogP) is 3.13. The van der Waals surface area contributed by atoms with Gasteiger partial charge in [-0.15, -0.1) is 0 Å². The molecule has 1 saturated heterocycles. The molecule has 29 heavy (non-hydrogen) atoms. The first-order valence-corrected chi connectivity index (χ1v) is 9.64. The molecule has 0 radical (unpaired) electrons. The fourth-order valence-corrected chi connectivity index (χ4v) is 3.36. The summed E-state index contributed by atoms with van der Waals surface area (Å²) in [4.78, 5) is 11.6. The highest BCUT2D eigenvalue weighted by molar-refractivity contribution is 5.79. The number of benzene rings is 1. The fourth-order valence-electron chi connectivity index (χ4n) is 3.36. The number of hydrogen-bond acceptors (Lipinski definition) is 8. The number of aromatic hydroxyl groups is 1. The summed E-state index contributed by atoms with van der Waals surface area (Å²) in [5.74, 6) is 0.970. The summed E-state index contributed by atoms with van der Waals surface area (Å²) >= 11 is 0. The normalized spacial score (nSPS) is 15.1. The maximum absolute atomic E-state index is 13.9. The Hall–Kier alpha value is -3.23. The van der Waals surface area contributed by atoms with Crippen molar-refractivity contribution in [2.24, 2.45) is 0 Å². The molecule has 0 unspecified atom stereocenters. The van der Waals surface area contributed by atoms with Gasteiger partial charge in [-0.3, -0.25) is 0 Å². The molecule has 1 aliphatic heterocycles. The number of fused-ring (bicyclic) bond motifs is 1. The van der Waals surface area contributed by atoms with Crippen molar-refractivity contribution in [3.05, 3.63) is 36.4 Å². The van der Waals surface area contributed by atoms with Gasteiger partial charge in [0.2, 0.25) is 0 Å². The van der Waals surface area contributed by atoms with E-state index in [0.29, 0.717) is 29.9 Å². The lowest BCUT2D eigenvalue weighted by Gasteiger charge is -2.34. The molecule has 1 aromatic carbocycles. The maximum Gasteiger partial charge on any atom is 0.172 e. The number of halogens is 1. The van der Waals surface area contributed by atoms with E-state index < -0.39 is 5.82 Å². The van der Waals surface area contributed by atoms with Crippen LogP contribution >= 0.6 is 0 Å². The number of nitrogens with one attached hydrogen (secondary N) is 1. The molecule has 0 amide bonds. The Kier molecular flexibility index (Phi) is 5.28. The van der Waals surface area contributed by atoms with Gasteiger partial charge in [-0.2, -0.15) is 10.2 Å². The van der Waals surface area contributed by atoms with Gasteiger partial charge < -0.3 is 20.1 Å². The number of hydrogen-bond donors (Lipinski definition) is 2. The lowest BCUT2D eigenvalue weighted by Crippen LogP contribution is -2.39. The van der Waals surface area contributed by atoms with Gasteiger partial charge in [-0.05, 0) is 26.0 Å². The third-order valence-electron chi connectivity index (χ3n) is 4.74. The van der Waals surface area contributed by atoms with Crippen LogP contribution in [0.1, 0.15) is 26.7 Å². The van der Waals surface area contributed by atoms with Gasteiger partial charge in [-0.1, -0.05) is 0 Å². The van der Waals surface area contributed by atoms with Crippen LogP contribution in [0.15, 0.2) is 30.6 Å². The molecule has 9 heteroatoms. The minimum atomic E-state index is -0.558. The van der Waals surface area contributed by atoms with Crippen molar-refractivity contribution in [2.45, 2.75) is 38.8 Å². The van der Waals surface area contributed by atoms with Gasteiger partial charge in [0.05, 0.1) is 12.4 Å². The number of ether oxygens (including phenoxy) is 1. The second-order valence-electron chi connectivity index (χ2n) is 7.37. The van der Waals surface area contributed by atoms with E-state index in [1.54, 1.807) is 12.4 Å². The van der Waals surface area contributed by atoms with E-state index in [2.05, 4.69) is 25.4 Å². The zero-order valence-corrected chi connectivity index (χ0v) is 16.3. The van der Waals surface area contributed by atoms with E-state index in [0.717, 1.165) is 24.7 Å². The van der Waals surface area contributed by atoms with Crippen LogP contribution in [0.2, 0.25) is 0 Å². The van der Waals surface area contributed by atoms with Crippen LogP contribution in [0, 0.1) is 5.82 Å². The van der Waals surface area contributed by atoms with Gasteiger partial charge in [0, 0.05) is 38.0 Å². The standard InChI is InChI=1S/C20H23FN6O2/c1-12(2)24-19-20(26-17-11-23-22-10-16(17)25-19)27-7-5-14(6-8-27)29-18-4-3-13(28)9-15(18)21/h3-4,9-12,14,28H,5-8H2,1-2H3,(H,24,25). The summed E-state index contributed by atoms with van der Waals surface area (Å²) in [7, 11) is 0. The molecule has 2 N–H and O–H groups in total. The largest absolute Gasteiger partial charge is 0.508 e. The number of phenolic OH excluding ortho intramolecular Hbond substituents is 1. The average Bonchev–Trinajstić information content (AvgIpc) is 2.70. The molecule has 2 aromatic heterocycles. The molecule has 4 rings (SSSR count). The van der Waals surface area contributed by atoms with E-state index in [1.165, 1.54) is 12.1 Å². The van der Waals surface area contributed by atoms with Gasteiger partial charge >= 0.3 is 0 Å². The maximum atomic E-state index is 13.9. The van der Waals surface area contributed by atoms with Crippen molar-refractivity contribution in [2.75, 3.05) is 23.3 Å². The number of rotatable bonds is 5. The first-order chi connectivity index (χ1) is 14.0. The van der Waals surface area contributed by atoms with Gasteiger partial charge in [-0.25, -0.2) is 14.4 Å². The van der Waals surface area contributed by atoms with Crippen LogP contribution < -0.4 is 15.0 Å². The Labute approximate surface area is 167 Å². The van der Waals surface area contributed by atoms with Crippen LogP contribution in [-0.2, 0) is 0 Å². The molecule has 1 aliphatic rings. The molecular weight excluding hydrogens is 375 g/mol. The molecule has 3 heterocycles. The Morgan fingerprint density at radius 2 is 1.83 bits per heavy atom. The highest BCUT2D eigenvalue weighted by atomic mass is 19.1. The second kappa shape index (κ2) is 8.02. The van der Waals surface area contributed by atoms with Gasteiger partial charge in [0.15, 0.2) is 23.2 Å². The van der Waals surface area contributed by atoms with E-state index in [-0.39, 0.29) is 23.6 Å². The number of phenols is 1. The van der Waals surface area contributed by atoms with Gasteiger partial charge in [0.1, 0.15) is 22.9 Å². The Balaban J connectivity index is 1.50. The second-order valence-corrected chi connectivity index (χ2v) is 7.37. The van der Waals surface area contributed by atoms with Crippen molar-refractivity contribution in [3.63, 3.8) is 0 Å². The SMILES string of the molecule is CC(C)Nc1nc2cnncc2nc1N1CCC(Oc2ccc(O)cc2F)CC1. The van der Waals surface area contributed by atoms with E-state index in [1.807, 2.05) is 13.8 Å². The van der Waals surface area contributed by atoms with Crippen LogP contribution in [0.25, 0.3) is 11.0 Å². The summed E-state index contributed by atoms with van der Waals surface area (Å²) in [5, 5.41) is 20.5. The summed E-state index contributed by atoms with van der Waals surface area (Å²) in [6.45, 7) is 5.51. The summed E-state index contributed by atoms with van der Waals surface area (Å²) in [6.07, 6.45) is 4.54. The zero-order chi connectivity index (χ0) is 20.4. The average molecular weight is 398 g/mol. The molecule has 0 bridgehead atoms. The number of aromatic nitrogens is 4. The lowest BCUT2D eigenvalue weighted by molar-refractivity contribution is 0.163. The number of piperidine rings is 1. The molecule has 0 atom stereocenters. The molecule has 3 aromatic rings. The third kappa shape index (κ3) is 4.28. The Morgan fingerprint density at radius 3 is 2.48 bits per heavy atom. The lowest BCUT2D eigenvalue weighted by atomic mass is 10.1. The molecule has 0 spiro atoms. The van der Waals surface area contributed by atoms with Crippen molar-refractivity contribution in [1.29, 1.82) is 0 Å². The highest BCUT2D eigenvalue weighted by Crippen LogP contribution is 2.30. The minimum absolute atomic E-state index is 0.105. The van der Waals surface area contributed by atoms with E-state index in [9.17, 15) is 9.50 Å². The molecular formula is C20H23FN6O2. The Bertz CT molecular complexity index is 1010. The fraction of sp³-hybridized carbons (Fsp3) is 0.400.